The van der Waals surface area contributed by atoms with Crippen LogP contribution in [0.5, 0.6) is 0 Å². The highest BCUT2D eigenvalue weighted by Crippen LogP contribution is 2.32. The molecule has 2 aromatic rings. The van der Waals surface area contributed by atoms with Crippen LogP contribution < -0.4 is 5.32 Å². The van der Waals surface area contributed by atoms with Gasteiger partial charge in [-0.25, -0.2) is 17.5 Å². The van der Waals surface area contributed by atoms with Crippen LogP contribution in [0.4, 0.5) is 4.79 Å². The molecule has 0 radical (unpaired) electrons. The van der Waals surface area contributed by atoms with Crippen LogP contribution in [0.1, 0.15) is 0 Å². The molecule has 1 aliphatic heterocycles. The Kier molecular flexibility index (Phi) is 3.11. The number of rotatable bonds is 2. The third-order valence-electron chi connectivity index (χ3n) is 3.16. The van der Waals surface area contributed by atoms with Gasteiger partial charge in [-0.2, -0.15) is 0 Å². The van der Waals surface area contributed by atoms with E-state index >= 15 is 0 Å². The topological polar surface area (TPSA) is 83.6 Å². The lowest BCUT2D eigenvalue weighted by Gasteiger charge is -2.15. The van der Waals surface area contributed by atoms with Gasteiger partial charge in [0.1, 0.15) is 11.4 Å². The maximum Gasteiger partial charge on any atom is 0.338 e. The van der Waals surface area contributed by atoms with Gasteiger partial charge in [0.05, 0.1) is 5.02 Å². The van der Waals surface area contributed by atoms with Crippen LogP contribution in [0, 0.1) is 0 Å². The average molecular weight is 325 g/mol. The number of nitrogens with one attached hydrogen (secondary N) is 1. The van der Waals surface area contributed by atoms with Crippen molar-refractivity contribution in [3.8, 4) is 0 Å². The monoisotopic (exact) mass is 324 g/mol. The highest BCUT2D eigenvalue weighted by molar-refractivity contribution is 7.89. The molecule has 3 amide bonds. The number of halogens is 1. The zero-order chi connectivity index (χ0) is 15.2. The van der Waals surface area contributed by atoms with Gasteiger partial charge in [0.15, 0.2) is 0 Å². The summed E-state index contributed by atoms with van der Waals surface area (Å²) in [7, 11) is -4.17. The number of sulfonamides is 1. The SMILES string of the molecule is O=C1CN(S(=O)(=O)c2ccc3ccccc3c2Cl)C(=O)N1. The van der Waals surface area contributed by atoms with Crippen molar-refractivity contribution >= 4 is 44.3 Å². The molecule has 2 aromatic carbocycles. The van der Waals surface area contributed by atoms with Gasteiger partial charge in [0.25, 0.3) is 10.0 Å². The minimum absolute atomic E-state index is 0.0280. The maximum absolute atomic E-state index is 12.5. The summed E-state index contributed by atoms with van der Waals surface area (Å²) in [6, 6.07) is 8.98. The van der Waals surface area contributed by atoms with E-state index in [0.29, 0.717) is 9.69 Å². The van der Waals surface area contributed by atoms with Crippen LogP contribution in [0.25, 0.3) is 10.8 Å². The first-order valence-corrected chi connectivity index (χ1v) is 7.77. The number of nitrogens with zero attached hydrogens (tertiary/aromatic N) is 1. The summed E-state index contributed by atoms with van der Waals surface area (Å²) < 4.78 is 25.4. The number of fused-ring (bicyclic) bond motifs is 1. The first-order valence-electron chi connectivity index (χ1n) is 5.95. The Labute approximate surface area is 125 Å². The van der Waals surface area contributed by atoms with E-state index in [1.807, 2.05) is 5.32 Å². The first-order chi connectivity index (χ1) is 9.91. The second-order valence-corrected chi connectivity index (χ2v) is 6.67. The van der Waals surface area contributed by atoms with Gasteiger partial charge in [-0.15, -0.1) is 0 Å². The molecule has 1 fully saturated rings. The van der Waals surface area contributed by atoms with Crippen molar-refractivity contribution < 1.29 is 18.0 Å². The fourth-order valence-electron chi connectivity index (χ4n) is 2.15. The number of benzene rings is 2. The molecule has 0 aliphatic carbocycles. The van der Waals surface area contributed by atoms with Crippen molar-refractivity contribution in [2.24, 2.45) is 0 Å². The third-order valence-corrected chi connectivity index (χ3v) is 5.45. The number of imide groups is 1. The molecule has 1 N–H and O–H groups in total. The average Bonchev–Trinajstić information content (AvgIpc) is 2.79. The maximum atomic E-state index is 12.5. The van der Waals surface area contributed by atoms with E-state index < -0.39 is 28.5 Å². The quantitative estimate of drug-likeness (QED) is 0.853. The fraction of sp³-hybridized carbons (Fsp3) is 0.0769. The molecule has 0 atom stereocenters. The van der Waals surface area contributed by atoms with E-state index in [1.165, 1.54) is 6.07 Å². The van der Waals surface area contributed by atoms with Gasteiger partial charge in [0, 0.05) is 5.39 Å². The van der Waals surface area contributed by atoms with E-state index in [2.05, 4.69) is 0 Å². The Bertz CT molecular complexity index is 879. The van der Waals surface area contributed by atoms with Crippen LogP contribution in [0.15, 0.2) is 41.3 Å². The van der Waals surface area contributed by atoms with Gasteiger partial charge in [-0.3, -0.25) is 10.1 Å². The summed E-state index contributed by atoms with van der Waals surface area (Å²) in [6.07, 6.45) is 0. The molecule has 108 valence electrons. The largest absolute Gasteiger partial charge is 0.338 e. The smallest absolute Gasteiger partial charge is 0.275 e. The Morgan fingerprint density at radius 2 is 1.81 bits per heavy atom. The molecule has 0 saturated carbocycles. The summed E-state index contributed by atoms with van der Waals surface area (Å²) in [6.45, 7) is -0.537. The normalized spacial score (nSPS) is 15.6. The second-order valence-electron chi connectivity index (χ2n) is 4.46. The van der Waals surface area contributed by atoms with Crippen molar-refractivity contribution in [1.82, 2.24) is 9.62 Å². The van der Waals surface area contributed by atoms with Crippen LogP contribution in [0.2, 0.25) is 5.02 Å². The Balaban J connectivity index is 2.18. The summed E-state index contributed by atoms with van der Waals surface area (Å²) in [5, 5.41) is 3.30. The van der Waals surface area contributed by atoms with Crippen molar-refractivity contribution in [3.05, 3.63) is 41.4 Å². The predicted octanol–water partition coefficient (Wildman–Crippen LogP) is 1.73. The number of urea groups is 1. The molecule has 1 saturated heterocycles. The number of amides is 3. The Hall–Kier alpha value is -2.12. The molecule has 0 aromatic heterocycles. The molecule has 1 heterocycles. The van der Waals surface area contributed by atoms with Gasteiger partial charge in [-0.05, 0) is 11.5 Å². The molecule has 8 heteroatoms. The minimum atomic E-state index is -4.17. The lowest BCUT2D eigenvalue weighted by Crippen LogP contribution is -2.34. The molecular formula is C13H9ClN2O4S. The summed E-state index contributed by atoms with van der Waals surface area (Å²) in [5.74, 6) is -0.666. The van der Waals surface area contributed by atoms with Gasteiger partial charge < -0.3 is 0 Å². The van der Waals surface area contributed by atoms with E-state index in [4.69, 9.17) is 11.6 Å². The summed E-state index contributed by atoms with van der Waals surface area (Å²) in [5.41, 5.74) is 0. The number of hydrogen-bond acceptors (Lipinski definition) is 4. The van der Waals surface area contributed by atoms with Crippen molar-refractivity contribution in [2.45, 2.75) is 4.90 Å². The third kappa shape index (κ3) is 2.14. The fourth-order valence-corrected chi connectivity index (χ4v) is 4.04. The lowest BCUT2D eigenvalue weighted by molar-refractivity contribution is -0.118. The van der Waals surface area contributed by atoms with Gasteiger partial charge >= 0.3 is 6.03 Å². The van der Waals surface area contributed by atoms with E-state index in [1.54, 1.807) is 30.3 Å². The second kappa shape index (κ2) is 4.71. The molecule has 0 unspecified atom stereocenters. The molecular weight excluding hydrogens is 316 g/mol. The van der Waals surface area contributed by atoms with E-state index in [-0.39, 0.29) is 9.92 Å². The van der Waals surface area contributed by atoms with Crippen molar-refractivity contribution in [2.75, 3.05) is 6.54 Å². The number of hydrogen-bond donors (Lipinski definition) is 1. The van der Waals surface area contributed by atoms with Crippen LogP contribution in [-0.2, 0) is 14.8 Å². The van der Waals surface area contributed by atoms with Crippen molar-refractivity contribution in [1.29, 1.82) is 0 Å². The molecule has 6 nitrogen and oxygen atoms in total. The summed E-state index contributed by atoms with van der Waals surface area (Å²) in [4.78, 5) is 22.5. The Morgan fingerprint density at radius 1 is 1.10 bits per heavy atom. The van der Waals surface area contributed by atoms with Gasteiger partial charge in [-0.1, -0.05) is 41.9 Å². The molecule has 1 aliphatic rings. The summed E-state index contributed by atoms with van der Waals surface area (Å²) >= 11 is 6.17. The number of carbonyl (C=O) groups is 2. The highest BCUT2D eigenvalue weighted by atomic mass is 35.5. The first kappa shape index (κ1) is 13.8. The predicted molar refractivity (Wildman–Crippen MR) is 76.4 cm³/mol. The zero-order valence-corrected chi connectivity index (χ0v) is 12.1. The zero-order valence-electron chi connectivity index (χ0n) is 10.5. The van der Waals surface area contributed by atoms with E-state index in [0.717, 1.165) is 5.39 Å². The van der Waals surface area contributed by atoms with Crippen LogP contribution in [-0.4, -0.2) is 31.2 Å². The molecule has 3 rings (SSSR count). The standard InChI is InChI=1S/C13H9ClN2O4S/c14-12-9-4-2-1-3-8(9)5-6-10(12)21(19,20)16-7-11(17)15-13(16)18/h1-6H,7H2,(H,15,17,18). The number of carbonyl (C=O) groups excluding carboxylic acids is 2. The molecule has 0 bridgehead atoms. The van der Waals surface area contributed by atoms with Crippen molar-refractivity contribution in [3.63, 3.8) is 0 Å². The van der Waals surface area contributed by atoms with Gasteiger partial charge in [0.2, 0.25) is 5.91 Å². The lowest BCUT2D eigenvalue weighted by atomic mass is 10.1. The molecule has 21 heavy (non-hydrogen) atoms. The molecule has 0 spiro atoms. The van der Waals surface area contributed by atoms with Crippen LogP contribution >= 0.6 is 11.6 Å². The minimum Gasteiger partial charge on any atom is -0.275 e. The van der Waals surface area contributed by atoms with Crippen LogP contribution in [0.3, 0.4) is 0 Å². The Morgan fingerprint density at radius 3 is 2.48 bits per heavy atom. The highest BCUT2D eigenvalue weighted by Gasteiger charge is 2.38. The van der Waals surface area contributed by atoms with E-state index in [9.17, 15) is 18.0 Å².